The molecule has 3 unspecified atom stereocenters. The Morgan fingerprint density at radius 1 is 1.22 bits per heavy atom. The fourth-order valence-electron chi connectivity index (χ4n) is 4.26. The van der Waals surface area contributed by atoms with Gasteiger partial charge >= 0.3 is 6.03 Å². The van der Waals surface area contributed by atoms with Crippen LogP contribution in [0.1, 0.15) is 64.0 Å². The molecule has 1 saturated carbocycles. The number of benzene rings is 1. The highest BCUT2D eigenvalue weighted by Crippen LogP contribution is 2.31. The number of halogens is 1. The molecule has 2 aromatic rings. The summed E-state index contributed by atoms with van der Waals surface area (Å²) in [6, 6.07) is 7.49. The Bertz CT molecular complexity index is 981. The van der Waals surface area contributed by atoms with Gasteiger partial charge in [-0.2, -0.15) is 5.10 Å². The predicted molar refractivity (Wildman–Crippen MR) is 119 cm³/mol. The smallest absolute Gasteiger partial charge is 0.320 e. The van der Waals surface area contributed by atoms with Gasteiger partial charge in [0.05, 0.1) is 11.6 Å². The number of carbonyl (C=O) groups excluding carboxylic acids is 2. The van der Waals surface area contributed by atoms with Crippen molar-refractivity contribution in [1.29, 1.82) is 0 Å². The van der Waals surface area contributed by atoms with Crippen LogP contribution in [-0.2, 0) is 16.8 Å². The zero-order valence-corrected chi connectivity index (χ0v) is 18.7. The summed E-state index contributed by atoms with van der Waals surface area (Å²) in [6.45, 7) is 6.39. The number of urea groups is 1. The summed E-state index contributed by atoms with van der Waals surface area (Å²) in [4.78, 5) is 25.3. The van der Waals surface area contributed by atoms with Crippen molar-refractivity contribution in [2.75, 3.05) is 5.32 Å². The van der Waals surface area contributed by atoms with Crippen molar-refractivity contribution < 1.29 is 14.0 Å². The van der Waals surface area contributed by atoms with Gasteiger partial charge in [0, 0.05) is 24.1 Å². The molecular formula is C23H31FN6O2. The largest absolute Gasteiger partial charge is 0.334 e. The number of aromatic nitrogens is 2. The summed E-state index contributed by atoms with van der Waals surface area (Å²) in [5.74, 6) is 0.170. The quantitative estimate of drug-likeness (QED) is 0.583. The first kappa shape index (κ1) is 22.3. The van der Waals surface area contributed by atoms with E-state index in [9.17, 15) is 14.0 Å². The monoisotopic (exact) mass is 442 g/mol. The van der Waals surface area contributed by atoms with E-state index in [1.807, 2.05) is 26.8 Å². The molecule has 0 spiro atoms. The van der Waals surface area contributed by atoms with Crippen LogP contribution in [0.25, 0.3) is 0 Å². The average Bonchev–Trinajstić information content (AvgIpc) is 3.17. The third-order valence-electron chi connectivity index (χ3n) is 6.11. The molecular weight excluding hydrogens is 411 g/mol. The van der Waals surface area contributed by atoms with Crippen LogP contribution in [0, 0.1) is 11.7 Å². The van der Waals surface area contributed by atoms with Gasteiger partial charge in [0.2, 0.25) is 5.91 Å². The van der Waals surface area contributed by atoms with Gasteiger partial charge in [0.1, 0.15) is 11.6 Å². The first-order chi connectivity index (χ1) is 15.2. The minimum atomic E-state index is -0.537. The Morgan fingerprint density at radius 3 is 2.66 bits per heavy atom. The molecule has 1 aromatic carbocycles. The zero-order chi connectivity index (χ0) is 22.9. The van der Waals surface area contributed by atoms with Gasteiger partial charge in [0.25, 0.3) is 0 Å². The molecule has 1 aliphatic heterocycles. The Hall–Kier alpha value is -2.94. The molecule has 1 aliphatic carbocycles. The van der Waals surface area contributed by atoms with Crippen molar-refractivity contribution in [3.05, 3.63) is 47.4 Å². The van der Waals surface area contributed by atoms with E-state index < -0.39 is 12.3 Å². The van der Waals surface area contributed by atoms with Gasteiger partial charge in [-0.15, -0.1) is 0 Å². The van der Waals surface area contributed by atoms with Crippen LogP contribution in [0.5, 0.6) is 0 Å². The predicted octanol–water partition coefficient (Wildman–Crippen LogP) is 3.38. The number of nitrogens with zero attached hydrogens (tertiary/aromatic N) is 2. The molecule has 172 valence electrons. The normalized spacial score (nSPS) is 23.2. The topological polar surface area (TPSA) is 100 Å². The Morgan fingerprint density at radius 2 is 1.94 bits per heavy atom. The van der Waals surface area contributed by atoms with Gasteiger partial charge in [-0.1, -0.05) is 45.7 Å². The molecule has 0 radical (unpaired) electrons. The van der Waals surface area contributed by atoms with E-state index in [2.05, 4.69) is 21.3 Å². The lowest BCUT2D eigenvalue weighted by Crippen LogP contribution is -2.59. The number of hydrogen-bond acceptors (Lipinski definition) is 4. The molecule has 0 bridgehead atoms. The Kier molecular flexibility index (Phi) is 6.19. The second-order valence-electron chi connectivity index (χ2n) is 9.62. The molecule has 4 N–H and O–H groups in total. The van der Waals surface area contributed by atoms with E-state index in [-0.39, 0.29) is 35.6 Å². The fourth-order valence-corrected chi connectivity index (χ4v) is 4.26. The lowest BCUT2D eigenvalue weighted by atomic mass is 9.83. The molecule has 1 aromatic heterocycles. The van der Waals surface area contributed by atoms with Gasteiger partial charge in [-0.3, -0.25) is 15.4 Å². The van der Waals surface area contributed by atoms with E-state index in [1.54, 1.807) is 16.8 Å². The van der Waals surface area contributed by atoms with Crippen molar-refractivity contribution >= 4 is 17.8 Å². The van der Waals surface area contributed by atoms with Crippen LogP contribution in [-0.4, -0.2) is 27.8 Å². The number of hydrogen-bond donors (Lipinski definition) is 4. The van der Waals surface area contributed by atoms with E-state index >= 15 is 0 Å². The van der Waals surface area contributed by atoms with Crippen LogP contribution < -0.4 is 21.3 Å². The molecule has 8 nitrogen and oxygen atoms in total. The van der Waals surface area contributed by atoms with E-state index in [0.29, 0.717) is 5.82 Å². The Labute approximate surface area is 187 Å². The van der Waals surface area contributed by atoms with Crippen LogP contribution in [0.4, 0.5) is 15.0 Å². The van der Waals surface area contributed by atoms with Gasteiger partial charge in [0.15, 0.2) is 6.29 Å². The van der Waals surface area contributed by atoms with E-state index in [0.717, 1.165) is 36.9 Å². The van der Waals surface area contributed by atoms with Crippen LogP contribution in [0.15, 0.2) is 30.3 Å². The highest BCUT2D eigenvalue weighted by Gasteiger charge is 2.39. The zero-order valence-electron chi connectivity index (χ0n) is 18.7. The molecule has 2 heterocycles. The summed E-state index contributed by atoms with van der Waals surface area (Å²) < 4.78 is 14.7. The maximum atomic E-state index is 13.1. The maximum absolute atomic E-state index is 13.1. The minimum absolute atomic E-state index is 0.0203. The third kappa shape index (κ3) is 4.93. The standard InChI is InChI=1S/C23H31FN6O2/c1-23(2,3)18-12-19(27-22(32)25-13-14-8-10-15(24)11-9-14)30(29-18)21-26-17-7-5-4-6-16(17)20(31)28-21/h8-12,16-17,21,26H,4-7,13H2,1-3H3,(H,28,31)(H2,25,27,32). The highest BCUT2D eigenvalue weighted by molar-refractivity contribution is 5.88. The molecule has 2 fully saturated rings. The molecule has 3 amide bonds. The third-order valence-corrected chi connectivity index (χ3v) is 6.11. The van der Waals surface area contributed by atoms with Gasteiger partial charge in [-0.05, 0) is 30.5 Å². The summed E-state index contributed by atoms with van der Waals surface area (Å²) in [7, 11) is 0. The van der Waals surface area contributed by atoms with Crippen molar-refractivity contribution in [2.24, 2.45) is 5.92 Å². The minimum Gasteiger partial charge on any atom is -0.334 e. The van der Waals surface area contributed by atoms with E-state index in [4.69, 9.17) is 5.10 Å². The SMILES string of the molecule is CC(C)(C)c1cc(NC(=O)NCc2ccc(F)cc2)n(C2NC(=O)C3CCCCC3N2)n1. The van der Waals surface area contributed by atoms with Gasteiger partial charge in [-0.25, -0.2) is 13.9 Å². The van der Waals surface area contributed by atoms with Crippen molar-refractivity contribution in [2.45, 2.75) is 70.7 Å². The van der Waals surface area contributed by atoms with E-state index in [1.165, 1.54) is 12.1 Å². The summed E-state index contributed by atoms with van der Waals surface area (Å²) in [5.41, 5.74) is 1.35. The number of amides is 3. The fraction of sp³-hybridized carbons (Fsp3) is 0.522. The molecule has 1 saturated heterocycles. The summed E-state index contributed by atoms with van der Waals surface area (Å²) in [5, 5.41) is 16.9. The number of fused-ring (bicyclic) bond motifs is 1. The van der Waals surface area contributed by atoms with Crippen molar-refractivity contribution in [3.8, 4) is 0 Å². The second kappa shape index (κ2) is 8.90. The lowest BCUT2D eigenvalue weighted by Gasteiger charge is -2.40. The molecule has 9 heteroatoms. The molecule has 32 heavy (non-hydrogen) atoms. The van der Waals surface area contributed by atoms with Crippen molar-refractivity contribution in [3.63, 3.8) is 0 Å². The number of anilines is 1. The first-order valence-electron chi connectivity index (χ1n) is 11.2. The average molecular weight is 443 g/mol. The second-order valence-corrected chi connectivity index (χ2v) is 9.62. The number of rotatable bonds is 4. The number of carbonyl (C=O) groups is 2. The molecule has 4 rings (SSSR count). The Balaban J connectivity index is 1.51. The van der Waals surface area contributed by atoms with Crippen LogP contribution in [0.2, 0.25) is 0 Å². The van der Waals surface area contributed by atoms with Crippen LogP contribution >= 0.6 is 0 Å². The maximum Gasteiger partial charge on any atom is 0.320 e. The van der Waals surface area contributed by atoms with Crippen LogP contribution in [0.3, 0.4) is 0 Å². The van der Waals surface area contributed by atoms with Gasteiger partial charge < -0.3 is 10.6 Å². The molecule has 2 aliphatic rings. The van der Waals surface area contributed by atoms with Crippen molar-refractivity contribution in [1.82, 2.24) is 25.7 Å². The molecule has 3 atom stereocenters. The summed E-state index contributed by atoms with van der Waals surface area (Å²) >= 11 is 0. The number of nitrogens with one attached hydrogen (secondary N) is 4. The lowest BCUT2D eigenvalue weighted by molar-refractivity contribution is -0.132. The highest BCUT2D eigenvalue weighted by atomic mass is 19.1. The first-order valence-corrected chi connectivity index (χ1v) is 11.2. The summed E-state index contributed by atoms with van der Waals surface area (Å²) in [6.07, 6.45) is 3.46.